The maximum absolute atomic E-state index is 9.01. The van der Waals surface area contributed by atoms with Crippen LogP contribution in [0.2, 0.25) is 0 Å². The quantitative estimate of drug-likeness (QED) is 0.822. The molecular weight excluding hydrogens is 268 g/mol. The molecule has 0 saturated heterocycles. The second kappa shape index (κ2) is 6.97. The Kier molecular flexibility index (Phi) is 5.29. The number of thiazole rings is 1. The van der Waals surface area contributed by atoms with Crippen LogP contribution in [0.1, 0.15) is 25.3 Å². The first-order chi connectivity index (χ1) is 9.61. The fraction of sp³-hybridized carbons (Fsp3) is 0.438. The summed E-state index contributed by atoms with van der Waals surface area (Å²) in [4.78, 5) is 4.65. The first-order valence-corrected chi connectivity index (χ1v) is 7.80. The lowest BCUT2D eigenvalue weighted by Gasteiger charge is -2.23. The van der Waals surface area contributed by atoms with Crippen LogP contribution in [0.3, 0.4) is 0 Å². The Morgan fingerprint density at radius 2 is 2.00 bits per heavy atom. The summed E-state index contributed by atoms with van der Waals surface area (Å²) in [5.41, 5.74) is 2.33. The highest BCUT2D eigenvalue weighted by atomic mass is 32.1. The third-order valence-corrected chi connectivity index (χ3v) is 4.14. The predicted molar refractivity (Wildman–Crippen MR) is 84.7 cm³/mol. The zero-order chi connectivity index (χ0) is 14.4. The van der Waals surface area contributed by atoms with Crippen LogP contribution in [0, 0.1) is 5.41 Å². The summed E-state index contributed by atoms with van der Waals surface area (Å²) < 4.78 is 0. The lowest BCUT2D eigenvalue weighted by atomic mass is 9.90. The topological polar surface area (TPSA) is 45.1 Å². The van der Waals surface area contributed by atoms with Crippen molar-refractivity contribution in [3.8, 4) is 11.3 Å². The molecule has 0 amide bonds. The van der Waals surface area contributed by atoms with E-state index in [1.165, 1.54) is 0 Å². The van der Waals surface area contributed by atoms with Gasteiger partial charge in [0.25, 0.3) is 0 Å². The van der Waals surface area contributed by atoms with Crippen molar-refractivity contribution in [2.75, 3.05) is 13.2 Å². The van der Waals surface area contributed by atoms with E-state index in [0.717, 1.165) is 35.8 Å². The van der Waals surface area contributed by atoms with Gasteiger partial charge >= 0.3 is 0 Å². The van der Waals surface area contributed by atoms with Gasteiger partial charge in [0, 0.05) is 30.6 Å². The number of nitrogens with one attached hydrogen (secondary N) is 1. The normalized spacial score (nSPS) is 11.8. The van der Waals surface area contributed by atoms with Crippen LogP contribution in [0.15, 0.2) is 35.7 Å². The molecule has 2 N–H and O–H groups in total. The van der Waals surface area contributed by atoms with Gasteiger partial charge < -0.3 is 10.4 Å². The summed E-state index contributed by atoms with van der Waals surface area (Å²) in [6.45, 7) is 6.23. The molecule has 2 rings (SSSR count). The molecule has 0 aliphatic rings. The van der Waals surface area contributed by atoms with Crippen molar-refractivity contribution in [1.82, 2.24) is 10.3 Å². The van der Waals surface area contributed by atoms with E-state index in [9.17, 15) is 0 Å². The van der Waals surface area contributed by atoms with Gasteiger partial charge in [0.2, 0.25) is 0 Å². The molecule has 0 spiro atoms. The summed E-state index contributed by atoms with van der Waals surface area (Å²) >= 11 is 1.69. The van der Waals surface area contributed by atoms with E-state index in [1.807, 2.05) is 18.2 Å². The van der Waals surface area contributed by atoms with E-state index in [0.29, 0.717) is 0 Å². The first kappa shape index (κ1) is 15.2. The number of rotatable bonds is 7. The maximum Gasteiger partial charge on any atom is 0.107 e. The minimum absolute atomic E-state index is 0.119. The number of aromatic nitrogens is 1. The van der Waals surface area contributed by atoms with Crippen LogP contribution >= 0.6 is 11.3 Å². The van der Waals surface area contributed by atoms with Gasteiger partial charge in [-0.3, -0.25) is 0 Å². The zero-order valence-corrected chi connectivity index (χ0v) is 12.9. The van der Waals surface area contributed by atoms with E-state index in [1.54, 1.807) is 11.3 Å². The standard InChI is InChI=1S/C16H22N2OS/c1-16(2,8-9-19)12-17-10-15-18-14(11-20-15)13-6-4-3-5-7-13/h3-7,11,17,19H,8-10,12H2,1-2H3. The molecule has 0 aliphatic carbocycles. The lowest BCUT2D eigenvalue weighted by molar-refractivity contribution is 0.207. The Balaban J connectivity index is 1.88. The molecule has 20 heavy (non-hydrogen) atoms. The van der Waals surface area contributed by atoms with Gasteiger partial charge in [-0.05, 0) is 11.8 Å². The first-order valence-electron chi connectivity index (χ1n) is 6.92. The van der Waals surface area contributed by atoms with Crippen molar-refractivity contribution in [2.45, 2.75) is 26.8 Å². The highest BCUT2D eigenvalue weighted by Crippen LogP contribution is 2.22. The van der Waals surface area contributed by atoms with E-state index < -0.39 is 0 Å². The van der Waals surface area contributed by atoms with Gasteiger partial charge in [0.1, 0.15) is 5.01 Å². The van der Waals surface area contributed by atoms with Crippen LogP contribution in [0.5, 0.6) is 0 Å². The van der Waals surface area contributed by atoms with Crippen LogP contribution < -0.4 is 5.32 Å². The molecule has 1 heterocycles. The zero-order valence-electron chi connectivity index (χ0n) is 12.1. The van der Waals surface area contributed by atoms with E-state index in [2.05, 4.69) is 41.7 Å². The second-order valence-corrected chi connectivity index (χ2v) is 6.68. The Bertz CT molecular complexity index is 522. The number of aliphatic hydroxyl groups excluding tert-OH is 1. The molecular formula is C16H22N2OS. The number of hydrogen-bond acceptors (Lipinski definition) is 4. The average Bonchev–Trinajstić information content (AvgIpc) is 2.88. The molecule has 0 fully saturated rings. The number of benzene rings is 1. The molecule has 0 atom stereocenters. The van der Waals surface area contributed by atoms with Gasteiger partial charge in [-0.2, -0.15) is 0 Å². The minimum atomic E-state index is 0.119. The fourth-order valence-corrected chi connectivity index (χ4v) is 2.81. The highest BCUT2D eigenvalue weighted by molar-refractivity contribution is 7.09. The largest absolute Gasteiger partial charge is 0.396 e. The Morgan fingerprint density at radius 1 is 1.25 bits per heavy atom. The van der Waals surface area contributed by atoms with Crippen molar-refractivity contribution in [1.29, 1.82) is 0 Å². The summed E-state index contributed by atoms with van der Waals surface area (Å²) in [5, 5.41) is 15.6. The Morgan fingerprint density at radius 3 is 2.70 bits per heavy atom. The molecule has 0 saturated carbocycles. The van der Waals surface area contributed by atoms with Gasteiger partial charge in [-0.25, -0.2) is 4.98 Å². The highest BCUT2D eigenvalue weighted by Gasteiger charge is 2.16. The average molecular weight is 290 g/mol. The number of aliphatic hydroxyl groups is 1. The van der Waals surface area contributed by atoms with Crippen molar-refractivity contribution in [3.63, 3.8) is 0 Å². The lowest BCUT2D eigenvalue weighted by Crippen LogP contribution is -2.29. The molecule has 0 radical (unpaired) electrons. The molecule has 0 bridgehead atoms. The molecule has 4 heteroatoms. The van der Waals surface area contributed by atoms with E-state index in [-0.39, 0.29) is 12.0 Å². The molecule has 1 aromatic heterocycles. The maximum atomic E-state index is 9.01. The van der Waals surface area contributed by atoms with Crippen LogP contribution in [0.4, 0.5) is 0 Å². The summed E-state index contributed by atoms with van der Waals surface area (Å²) in [6.07, 6.45) is 0.813. The van der Waals surface area contributed by atoms with Gasteiger partial charge in [-0.15, -0.1) is 11.3 Å². The molecule has 108 valence electrons. The van der Waals surface area contributed by atoms with Gasteiger partial charge in [-0.1, -0.05) is 44.2 Å². The number of nitrogens with zero attached hydrogens (tertiary/aromatic N) is 1. The van der Waals surface area contributed by atoms with Crippen LogP contribution in [-0.2, 0) is 6.54 Å². The summed E-state index contributed by atoms with van der Waals surface area (Å²) in [7, 11) is 0. The summed E-state index contributed by atoms with van der Waals surface area (Å²) in [5.74, 6) is 0. The van der Waals surface area contributed by atoms with Crippen molar-refractivity contribution < 1.29 is 5.11 Å². The van der Waals surface area contributed by atoms with Crippen molar-refractivity contribution in [3.05, 3.63) is 40.7 Å². The van der Waals surface area contributed by atoms with Crippen molar-refractivity contribution in [2.24, 2.45) is 5.41 Å². The Labute approximate surface area is 124 Å². The third kappa shape index (κ3) is 4.40. The molecule has 0 unspecified atom stereocenters. The second-order valence-electron chi connectivity index (χ2n) is 5.73. The Hall–Kier alpha value is -1.23. The number of hydrogen-bond donors (Lipinski definition) is 2. The van der Waals surface area contributed by atoms with Crippen LogP contribution in [-0.4, -0.2) is 23.2 Å². The SMILES string of the molecule is CC(C)(CCO)CNCc1nc(-c2ccccc2)cs1. The molecule has 2 aromatic rings. The molecule has 3 nitrogen and oxygen atoms in total. The third-order valence-electron chi connectivity index (χ3n) is 3.29. The van der Waals surface area contributed by atoms with E-state index >= 15 is 0 Å². The molecule has 0 aliphatic heterocycles. The predicted octanol–water partition coefficient (Wildman–Crippen LogP) is 3.31. The fourth-order valence-electron chi connectivity index (χ4n) is 2.03. The van der Waals surface area contributed by atoms with Gasteiger partial charge in [0.15, 0.2) is 0 Å². The smallest absolute Gasteiger partial charge is 0.107 e. The molecule has 1 aromatic carbocycles. The van der Waals surface area contributed by atoms with Gasteiger partial charge in [0.05, 0.1) is 5.69 Å². The van der Waals surface area contributed by atoms with Crippen LogP contribution in [0.25, 0.3) is 11.3 Å². The van der Waals surface area contributed by atoms with Crippen molar-refractivity contribution >= 4 is 11.3 Å². The van der Waals surface area contributed by atoms with E-state index in [4.69, 9.17) is 5.11 Å². The monoisotopic (exact) mass is 290 g/mol. The summed E-state index contributed by atoms with van der Waals surface area (Å²) in [6, 6.07) is 10.2. The minimum Gasteiger partial charge on any atom is -0.396 e.